The Morgan fingerprint density at radius 1 is 0.308 bits per heavy atom. The maximum Gasteiger partial charge on any atom is 0.143 e. The van der Waals surface area contributed by atoms with Gasteiger partial charge < -0.3 is 8.83 Å². The van der Waals surface area contributed by atoms with E-state index in [2.05, 4.69) is 170 Å². The molecule has 0 amide bonds. The van der Waals surface area contributed by atoms with Gasteiger partial charge in [-0.25, -0.2) is 0 Å². The summed E-state index contributed by atoms with van der Waals surface area (Å²) >= 11 is 0. The van der Waals surface area contributed by atoms with Crippen molar-refractivity contribution < 1.29 is 8.83 Å². The fourth-order valence-corrected chi connectivity index (χ4v) is 8.38. The molecule has 0 atom stereocenters. The Morgan fingerprint density at radius 2 is 0.865 bits per heavy atom. The first-order valence-electron chi connectivity index (χ1n) is 17.8. The van der Waals surface area contributed by atoms with E-state index in [1.807, 2.05) is 12.1 Å². The van der Waals surface area contributed by atoms with Crippen molar-refractivity contribution in [2.75, 3.05) is 0 Å². The Kier molecular flexibility index (Phi) is 6.28. The molecule has 2 aromatic heterocycles. The molecule has 0 spiro atoms. The topological polar surface area (TPSA) is 26.3 Å². The zero-order chi connectivity index (χ0) is 34.2. The number of hydrogen-bond donors (Lipinski definition) is 0. The van der Waals surface area contributed by atoms with Crippen LogP contribution in [0.3, 0.4) is 0 Å². The number of rotatable bonds is 4. The fraction of sp³-hybridized carbons (Fsp3) is 0. The molecule has 0 bridgehead atoms. The summed E-state index contributed by atoms with van der Waals surface area (Å²) in [5, 5.41) is 10.4. The number of hydrogen-bond acceptors (Lipinski definition) is 2. The van der Waals surface area contributed by atoms with Crippen LogP contribution >= 0.6 is 0 Å². The first-order valence-corrected chi connectivity index (χ1v) is 17.8. The van der Waals surface area contributed by atoms with Crippen molar-refractivity contribution in [3.63, 3.8) is 0 Å². The van der Waals surface area contributed by atoms with E-state index in [9.17, 15) is 0 Å². The third-order valence-corrected chi connectivity index (χ3v) is 10.6. The number of para-hydroxylation sites is 1. The fourth-order valence-electron chi connectivity index (χ4n) is 8.38. The summed E-state index contributed by atoms with van der Waals surface area (Å²) in [7, 11) is 0. The lowest BCUT2D eigenvalue weighted by Gasteiger charge is -2.19. The van der Waals surface area contributed by atoms with E-state index in [0.29, 0.717) is 0 Å². The quantitative estimate of drug-likeness (QED) is 0.175. The summed E-state index contributed by atoms with van der Waals surface area (Å²) in [5.74, 6) is 0.853. The first-order chi connectivity index (χ1) is 25.8. The molecule has 0 aliphatic carbocycles. The summed E-state index contributed by atoms with van der Waals surface area (Å²) in [6.07, 6.45) is 0. The van der Waals surface area contributed by atoms with Gasteiger partial charge in [0, 0.05) is 27.1 Å². The monoisotopic (exact) mass is 662 g/mol. The summed E-state index contributed by atoms with van der Waals surface area (Å²) in [5.41, 5.74) is 10.7. The minimum atomic E-state index is 0.853. The van der Waals surface area contributed by atoms with Crippen molar-refractivity contribution in [1.82, 2.24) is 0 Å². The van der Waals surface area contributed by atoms with E-state index >= 15 is 0 Å². The Bertz CT molecular complexity index is 3110. The first kappa shape index (κ1) is 28.9. The summed E-state index contributed by atoms with van der Waals surface area (Å²) in [6.45, 7) is 0. The molecule has 52 heavy (non-hydrogen) atoms. The van der Waals surface area contributed by atoms with Gasteiger partial charge in [-0.15, -0.1) is 0 Å². The van der Waals surface area contributed by atoms with E-state index in [-0.39, 0.29) is 0 Å². The van der Waals surface area contributed by atoms with E-state index in [1.54, 1.807) is 0 Å². The van der Waals surface area contributed by atoms with Crippen molar-refractivity contribution in [1.29, 1.82) is 0 Å². The van der Waals surface area contributed by atoms with Gasteiger partial charge in [-0.05, 0) is 90.6 Å². The van der Waals surface area contributed by atoms with Gasteiger partial charge in [0.1, 0.15) is 22.5 Å². The van der Waals surface area contributed by atoms with E-state index in [0.717, 1.165) is 71.7 Å². The molecule has 242 valence electrons. The molecule has 9 aromatic carbocycles. The normalized spacial score (nSPS) is 11.8. The number of benzene rings is 9. The zero-order valence-corrected chi connectivity index (χ0v) is 28.1. The van der Waals surface area contributed by atoms with Crippen LogP contribution in [-0.4, -0.2) is 0 Å². The molecule has 0 aliphatic rings. The van der Waals surface area contributed by atoms with Crippen molar-refractivity contribution in [3.05, 3.63) is 182 Å². The second-order valence-electron chi connectivity index (χ2n) is 13.6. The maximum absolute atomic E-state index is 6.74. The van der Waals surface area contributed by atoms with Crippen LogP contribution in [0.1, 0.15) is 0 Å². The van der Waals surface area contributed by atoms with Gasteiger partial charge in [0.05, 0.1) is 0 Å². The van der Waals surface area contributed by atoms with Gasteiger partial charge in [-0.2, -0.15) is 0 Å². The largest absolute Gasteiger partial charge is 0.456 e. The minimum absolute atomic E-state index is 0.853. The molecular formula is C50H30O2. The molecule has 0 saturated heterocycles. The average Bonchev–Trinajstić information content (AvgIpc) is 3.83. The summed E-state index contributed by atoms with van der Waals surface area (Å²) < 4.78 is 13.5. The molecule has 0 aliphatic heterocycles. The summed E-state index contributed by atoms with van der Waals surface area (Å²) in [4.78, 5) is 0. The lowest BCUT2D eigenvalue weighted by molar-refractivity contribution is 0.635. The Balaban J connectivity index is 1.29. The van der Waals surface area contributed by atoms with Crippen molar-refractivity contribution in [3.8, 4) is 44.7 Å². The molecule has 11 rings (SSSR count). The second kappa shape index (κ2) is 11.3. The predicted molar refractivity (Wildman–Crippen MR) is 218 cm³/mol. The van der Waals surface area contributed by atoms with E-state index in [1.165, 1.54) is 38.2 Å². The molecule has 0 radical (unpaired) electrons. The van der Waals surface area contributed by atoms with Crippen LogP contribution in [0, 0.1) is 0 Å². The maximum atomic E-state index is 6.74. The molecule has 2 heterocycles. The average molecular weight is 663 g/mol. The number of fused-ring (bicyclic) bond motifs is 8. The van der Waals surface area contributed by atoms with Gasteiger partial charge in [0.25, 0.3) is 0 Å². The molecular weight excluding hydrogens is 633 g/mol. The Morgan fingerprint density at radius 3 is 1.56 bits per heavy atom. The van der Waals surface area contributed by atoms with Crippen molar-refractivity contribution in [2.45, 2.75) is 0 Å². The second-order valence-corrected chi connectivity index (χ2v) is 13.6. The lowest BCUT2D eigenvalue weighted by atomic mass is 9.84. The van der Waals surface area contributed by atoms with Gasteiger partial charge in [-0.3, -0.25) is 0 Å². The molecule has 0 fully saturated rings. The van der Waals surface area contributed by atoms with Crippen LogP contribution in [0.2, 0.25) is 0 Å². The number of furan rings is 2. The molecule has 2 heteroatoms. The van der Waals surface area contributed by atoms with Crippen LogP contribution in [0.15, 0.2) is 191 Å². The van der Waals surface area contributed by atoms with Crippen molar-refractivity contribution >= 4 is 65.2 Å². The third-order valence-electron chi connectivity index (χ3n) is 10.6. The summed E-state index contributed by atoms with van der Waals surface area (Å²) in [6, 6.07) is 64.9. The van der Waals surface area contributed by atoms with E-state index in [4.69, 9.17) is 8.83 Å². The lowest BCUT2D eigenvalue weighted by Crippen LogP contribution is -1.92. The molecule has 0 unspecified atom stereocenters. The van der Waals surface area contributed by atoms with Gasteiger partial charge in [-0.1, -0.05) is 152 Å². The third kappa shape index (κ3) is 4.31. The Hall–Kier alpha value is -6.90. The highest BCUT2D eigenvalue weighted by molar-refractivity contribution is 6.26. The van der Waals surface area contributed by atoms with Crippen molar-refractivity contribution in [2.24, 2.45) is 0 Å². The standard InChI is InChI=1S/C50H30O2/c1-3-15-31(16-4-1)45-30-42-41(27-33-19-7-8-20-35(33)50(42)52-45)34-28-43(49-40-25-13-14-26-44(40)51-46(49)29-34)48-38-23-11-9-21-36(38)47(32-17-5-2-6-18-32)37-22-10-12-24-39(37)48/h1-30H. The van der Waals surface area contributed by atoms with E-state index < -0.39 is 0 Å². The van der Waals surface area contributed by atoms with Crippen LogP contribution in [-0.2, 0) is 0 Å². The SMILES string of the molecule is c1ccc(-c2cc3c(-c4cc(-c5c6ccccc6c(-c6ccccc6)c6ccccc56)c5c(c4)oc4ccccc45)cc4ccccc4c3o2)cc1. The highest BCUT2D eigenvalue weighted by Crippen LogP contribution is 2.49. The molecule has 2 nitrogen and oxygen atoms in total. The molecule has 11 aromatic rings. The Labute approximate surface area is 299 Å². The zero-order valence-electron chi connectivity index (χ0n) is 28.1. The van der Waals surface area contributed by atoms with Gasteiger partial charge in [0.15, 0.2) is 0 Å². The van der Waals surface area contributed by atoms with Crippen LogP contribution in [0.5, 0.6) is 0 Å². The van der Waals surface area contributed by atoms with Crippen LogP contribution < -0.4 is 0 Å². The van der Waals surface area contributed by atoms with Crippen LogP contribution in [0.4, 0.5) is 0 Å². The minimum Gasteiger partial charge on any atom is -0.456 e. The van der Waals surface area contributed by atoms with Gasteiger partial charge in [0.2, 0.25) is 0 Å². The highest BCUT2D eigenvalue weighted by Gasteiger charge is 2.23. The smallest absolute Gasteiger partial charge is 0.143 e. The van der Waals surface area contributed by atoms with Crippen LogP contribution in [0.25, 0.3) is 110 Å². The molecule has 0 saturated carbocycles. The predicted octanol–water partition coefficient (Wildman–Crippen LogP) is 14.5. The highest BCUT2D eigenvalue weighted by atomic mass is 16.3. The molecule has 0 N–H and O–H groups in total. The van der Waals surface area contributed by atoms with Gasteiger partial charge >= 0.3 is 0 Å².